The van der Waals surface area contributed by atoms with Crippen molar-refractivity contribution in [3.63, 3.8) is 0 Å². The smallest absolute Gasteiger partial charge is 0.340 e. The highest BCUT2D eigenvalue weighted by Crippen LogP contribution is 2.33. The van der Waals surface area contributed by atoms with Gasteiger partial charge in [-0.15, -0.1) is 0 Å². The lowest BCUT2D eigenvalue weighted by molar-refractivity contribution is -0.873. The van der Waals surface area contributed by atoms with Gasteiger partial charge in [-0.05, 0) is 37.3 Å². The SMILES string of the molecule is CCOC(=O)c1c(C[NH+](C)C)n(-c2ccccc2)c2ccc(OC(C)=O)cc12.[Cl-]. The molecular weight excluding hydrogens is 392 g/mol. The second-order valence-electron chi connectivity index (χ2n) is 6.87. The van der Waals surface area contributed by atoms with Gasteiger partial charge in [0.2, 0.25) is 0 Å². The maximum Gasteiger partial charge on any atom is 0.340 e. The number of quaternary nitrogens is 1. The Balaban J connectivity index is 0.00000300. The van der Waals surface area contributed by atoms with Crippen molar-refractivity contribution in [2.45, 2.75) is 20.4 Å². The lowest BCUT2D eigenvalue weighted by Gasteiger charge is -2.14. The lowest BCUT2D eigenvalue weighted by Crippen LogP contribution is -3.04. The van der Waals surface area contributed by atoms with E-state index >= 15 is 0 Å². The van der Waals surface area contributed by atoms with Crippen molar-refractivity contribution >= 4 is 22.8 Å². The molecule has 154 valence electrons. The van der Waals surface area contributed by atoms with Crippen molar-refractivity contribution < 1.29 is 36.4 Å². The van der Waals surface area contributed by atoms with Crippen LogP contribution in [0.5, 0.6) is 5.75 Å². The summed E-state index contributed by atoms with van der Waals surface area (Å²) in [4.78, 5) is 25.4. The molecule has 0 amide bonds. The molecule has 1 N–H and O–H groups in total. The van der Waals surface area contributed by atoms with Crippen LogP contribution in [0, 0.1) is 0 Å². The summed E-state index contributed by atoms with van der Waals surface area (Å²) in [6.07, 6.45) is 0. The second-order valence-corrected chi connectivity index (χ2v) is 6.87. The number of carbonyl (C=O) groups is 2. The number of hydrogen-bond donors (Lipinski definition) is 1. The average molecular weight is 417 g/mol. The van der Waals surface area contributed by atoms with E-state index < -0.39 is 5.97 Å². The summed E-state index contributed by atoms with van der Waals surface area (Å²) in [5.41, 5.74) is 3.19. The number of benzene rings is 2. The molecule has 0 unspecified atom stereocenters. The van der Waals surface area contributed by atoms with E-state index in [4.69, 9.17) is 9.47 Å². The molecule has 0 aliphatic carbocycles. The lowest BCUT2D eigenvalue weighted by atomic mass is 10.1. The highest BCUT2D eigenvalue weighted by molar-refractivity contribution is 6.07. The van der Waals surface area contributed by atoms with Crippen molar-refractivity contribution in [1.82, 2.24) is 4.57 Å². The third-order valence-corrected chi connectivity index (χ3v) is 4.31. The number of aromatic nitrogens is 1. The summed E-state index contributed by atoms with van der Waals surface area (Å²) in [6.45, 7) is 4.05. The molecule has 3 rings (SSSR count). The van der Waals surface area contributed by atoms with Gasteiger partial charge in [-0.2, -0.15) is 0 Å². The van der Waals surface area contributed by atoms with E-state index in [2.05, 4.69) is 4.57 Å². The molecule has 0 aliphatic rings. The predicted molar refractivity (Wildman–Crippen MR) is 107 cm³/mol. The first kappa shape index (κ1) is 22.5. The molecule has 1 heterocycles. The monoisotopic (exact) mass is 416 g/mol. The number of ether oxygens (including phenoxy) is 2. The number of fused-ring (bicyclic) bond motifs is 1. The predicted octanol–water partition coefficient (Wildman–Crippen LogP) is -0.619. The summed E-state index contributed by atoms with van der Waals surface area (Å²) < 4.78 is 12.7. The standard InChI is InChI=1S/C22H24N2O4.ClH/c1-5-27-22(26)21-18-13-17(28-15(2)25)11-12-19(18)24(20(21)14-23(3)4)16-9-7-6-8-10-16;/h6-13H,5,14H2,1-4H3;1H. The first-order valence-electron chi connectivity index (χ1n) is 9.29. The van der Waals surface area contributed by atoms with E-state index in [0.717, 1.165) is 16.9 Å². The number of carbonyl (C=O) groups excluding carboxylic acids is 2. The molecule has 0 saturated carbocycles. The van der Waals surface area contributed by atoms with Crippen molar-refractivity contribution in [2.75, 3.05) is 20.7 Å². The molecule has 3 aromatic rings. The van der Waals surface area contributed by atoms with Crippen molar-refractivity contribution in [1.29, 1.82) is 0 Å². The van der Waals surface area contributed by atoms with Gasteiger partial charge in [-0.1, -0.05) is 18.2 Å². The van der Waals surface area contributed by atoms with E-state index in [1.807, 2.05) is 50.5 Å². The molecule has 7 heteroatoms. The molecule has 6 nitrogen and oxygen atoms in total. The van der Waals surface area contributed by atoms with Crippen LogP contribution in [-0.4, -0.2) is 37.2 Å². The van der Waals surface area contributed by atoms with Gasteiger partial charge in [0.25, 0.3) is 0 Å². The van der Waals surface area contributed by atoms with E-state index in [1.165, 1.54) is 11.8 Å². The number of nitrogens with one attached hydrogen (secondary N) is 1. The van der Waals surface area contributed by atoms with Crippen LogP contribution in [0.4, 0.5) is 0 Å². The van der Waals surface area contributed by atoms with Crippen LogP contribution in [0.1, 0.15) is 29.9 Å². The van der Waals surface area contributed by atoms with E-state index in [9.17, 15) is 9.59 Å². The molecule has 0 aliphatic heterocycles. The fourth-order valence-electron chi connectivity index (χ4n) is 3.36. The Morgan fingerprint density at radius 3 is 2.34 bits per heavy atom. The van der Waals surface area contributed by atoms with E-state index in [0.29, 0.717) is 23.2 Å². The van der Waals surface area contributed by atoms with E-state index in [-0.39, 0.29) is 25.0 Å². The number of esters is 2. The molecule has 2 aromatic carbocycles. The molecule has 1 aromatic heterocycles. The molecule has 0 radical (unpaired) electrons. The Labute approximate surface area is 176 Å². The zero-order chi connectivity index (χ0) is 20.3. The number of rotatable bonds is 6. The van der Waals surface area contributed by atoms with Gasteiger partial charge in [-0.25, -0.2) is 4.79 Å². The zero-order valence-electron chi connectivity index (χ0n) is 17.0. The topological polar surface area (TPSA) is 62.0 Å². The maximum absolute atomic E-state index is 12.9. The molecule has 0 atom stereocenters. The van der Waals surface area contributed by atoms with Crippen molar-refractivity contribution in [3.05, 3.63) is 59.8 Å². The average Bonchev–Trinajstić information content (AvgIpc) is 2.94. The van der Waals surface area contributed by atoms with E-state index in [1.54, 1.807) is 19.1 Å². The van der Waals surface area contributed by atoms with Crippen LogP contribution >= 0.6 is 0 Å². The second kappa shape index (κ2) is 9.58. The first-order valence-corrected chi connectivity index (χ1v) is 9.29. The highest BCUT2D eigenvalue weighted by Gasteiger charge is 2.26. The number of halogens is 1. The van der Waals surface area contributed by atoms with Crippen LogP contribution in [0.2, 0.25) is 0 Å². The normalized spacial score (nSPS) is 10.7. The van der Waals surface area contributed by atoms with Crippen molar-refractivity contribution in [3.8, 4) is 11.4 Å². The van der Waals surface area contributed by atoms with Crippen LogP contribution in [-0.2, 0) is 16.1 Å². The molecule has 0 saturated heterocycles. The molecule has 0 bridgehead atoms. The first-order chi connectivity index (χ1) is 13.4. The van der Waals surface area contributed by atoms with Crippen LogP contribution in [0.15, 0.2) is 48.5 Å². The van der Waals surface area contributed by atoms with Gasteiger partial charge in [-0.3, -0.25) is 4.79 Å². The summed E-state index contributed by atoms with van der Waals surface area (Å²) in [5, 5.41) is 0.706. The quantitative estimate of drug-likeness (QED) is 0.430. The van der Waals surface area contributed by atoms with Crippen LogP contribution < -0.4 is 22.0 Å². The Morgan fingerprint density at radius 2 is 1.76 bits per heavy atom. The Morgan fingerprint density at radius 1 is 1.07 bits per heavy atom. The summed E-state index contributed by atoms with van der Waals surface area (Å²) in [6, 6.07) is 15.2. The zero-order valence-corrected chi connectivity index (χ0v) is 17.7. The van der Waals surface area contributed by atoms with Crippen molar-refractivity contribution in [2.24, 2.45) is 0 Å². The van der Waals surface area contributed by atoms with Gasteiger partial charge >= 0.3 is 11.9 Å². The number of hydrogen-bond acceptors (Lipinski definition) is 4. The Bertz CT molecular complexity index is 1010. The minimum absolute atomic E-state index is 0. The molecular formula is C22H25ClN2O4. The Hall–Kier alpha value is -2.83. The maximum atomic E-state index is 12.9. The minimum Gasteiger partial charge on any atom is -1.00 e. The summed E-state index contributed by atoms with van der Waals surface area (Å²) in [5.74, 6) is -0.379. The Kier molecular flexibility index (Phi) is 7.42. The third-order valence-electron chi connectivity index (χ3n) is 4.31. The fraction of sp³-hybridized carbons (Fsp3) is 0.273. The fourth-order valence-corrected chi connectivity index (χ4v) is 3.36. The largest absolute Gasteiger partial charge is 1.00 e. The summed E-state index contributed by atoms with van der Waals surface area (Å²) in [7, 11) is 4.07. The van der Waals surface area contributed by atoms with Crippen LogP contribution in [0.3, 0.4) is 0 Å². The molecule has 0 spiro atoms. The van der Waals surface area contributed by atoms with Gasteiger partial charge in [0.15, 0.2) is 0 Å². The van der Waals surface area contributed by atoms with Gasteiger partial charge < -0.3 is 31.3 Å². The van der Waals surface area contributed by atoms with Crippen LogP contribution in [0.25, 0.3) is 16.6 Å². The third kappa shape index (κ3) is 4.78. The highest BCUT2D eigenvalue weighted by atomic mass is 35.5. The van der Waals surface area contributed by atoms with Gasteiger partial charge in [0.05, 0.1) is 37.5 Å². The van der Waals surface area contributed by atoms with Gasteiger partial charge in [0, 0.05) is 18.0 Å². The number of para-hydroxylation sites is 1. The minimum atomic E-state index is -0.405. The number of nitrogens with zero attached hydrogens (tertiary/aromatic N) is 1. The molecule has 29 heavy (non-hydrogen) atoms. The van der Waals surface area contributed by atoms with Gasteiger partial charge in [0.1, 0.15) is 12.3 Å². The summed E-state index contributed by atoms with van der Waals surface area (Å²) >= 11 is 0. The molecule has 0 fully saturated rings.